The summed E-state index contributed by atoms with van der Waals surface area (Å²) in [5.41, 5.74) is 6.42. The smallest absolute Gasteiger partial charge is 0.334 e. The first-order valence-electron chi connectivity index (χ1n) is 6.10. The molecule has 1 amide bonds. The van der Waals surface area contributed by atoms with Crippen LogP contribution in [0.3, 0.4) is 0 Å². The van der Waals surface area contributed by atoms with E-state index in [1.165, 1.54) is 12.0 Å². The second-order valence-corrected chi connectivity index (χ2v) is 4.40. The number of carbonyl (C=O) groups excluding carboxylic acids is 1. The van der Waals surface area contributed by atoms with E-state index in [-0.39, 0.29) is 19.1 Å². The molecule has 1 saturated heterocycles. The molecule has 1 fully saturated rings. The summed E-state index contributed by atoms with van der Waals surface area (Å²) in [5.74, 6) is -0.886. The lowest BCUT2D eigenvalue weighted by Gasteiger charge is -2.31. The van der Waals surface area contributed by atoms with Gasteiger partial charge in [-0.05, 0) is 18.2 Å². The third kappa shape index (κ3) is 2.83. The summed E-state index contributed by atoms with van der Waals surface area (Å²) in [6, 6.07) is 4.79. The van der Waals surface area contributed by atoms with Crippen LogP contribution in [0.25, 0.3) is 0 Å². The SMILES string of the molecule is COc1ccc(N)c(C(=O)N2CCOC(C(=O)O)C2)c1. The van der Waals surface area contributed by atoms with Crippen LogP contribution in [0.2, 0.25) is 0 Å². The molecule has 2 rings (SSSR count). The summed E-state index contributed by atoms with van der Waals surface area (Å²) >= 11 is 0. The van der Waals surface area contributed by atoms with E-state index in [0.29, 0.717) is 23.5 Å². The molecule has 1 heterocycles. The molecule has 0 radical (unpaired) electrons. The Morgan fingerprint density at radius 3 is 2.90 bits per heavy atom. The number of morpholine rings is 1. The summed E-state index contributed by atoms with van der Waals surface area (Å²) in [6.07, 6.45) is -1.00. The number of aliphatic carboxylic acids is 1. The molecular weight excluding hydrogens is 264 g/mol. The first-order valence-corrected chi connectivity index (χ1v) is 6.10. The normalized spacial score (nSPS) is 18.6. The van der Waals surface area contributed by atoms with Gasteiger partial charge in [-0.15, -0.1) is 0 Å². The third-order valence-electron chi connectivity index (χ3n) is 3.12. The van der Waals surface area contributed by atoms with Gasteiger partial charge in [0.2, 0.25) is 0 Å². The van der Waals surface area contributed by atoms with Crippen molar-refractivity contribution in [2.75, 3.05) is 32.5 Å². The van der Waals surface area contributed by atoms with Crippen molar-refractivity contribution in [1.82, 2.24) is 4.90 Å². The number of nitrogens with zero attached hydrogens (tertiary/aromatic N) is 1. The quantitative estimate of drug-likeness (QED) is 0.767. The zero-order chi connectivity index (χ0) is 14.7. The average Bonchev–Trinajstić information content (AvgIpc) is 2.47. The molecule has 0 spiro atoms. The lowest BCUT2D eigenvalue weighted by Crippen LogP contribution is -2.48. The molecule has 0 aliphatic carbocycles. The number of carboxylic acids is 1. The van der Waals surface area contributed by atoms with E-state index in [0.717, 1.165) is 0 Å². The van der Waals surface area contributed by atoms with E-state index in [1.807, 2.05) is 0 Å². The van der Waals surface area contributed by atoms with Crippen molar-refractivity contribution in [2.24, 2.45) is 0 Å². The van der Waals surface area contributed by atoms with Gasteiger partial charge in [0.1, 0.15) is 5.75 Å². The average molecular weight is 280 g/mol. The molecular formula is C13H16N2O5. The number of benzene rings is 1. The van der Waals surface area contributed by atoms with Crippen LogP contribution in [0.15, 0.2) is 18.2 Å². The summed E-state index contributed by atoms with van der Waals surface area (Å²) in [4.78, 5) is 24.7. The largest absolute Gasteiger partial charge is 0.497 e. The Morgan fingerprint density at radius 2 is 2.25 bits per heavy atom. The zero-order valence-electron chi connectivity index (χ0n) is 11.0. The van der Waals surface area contributed by atoms with Crippen LogP contribution in [0.5, 0.6) is 5.75 Å². The summed E-state index contributed by atoms with van der Waals surface area (Å²) in [7, 11) is 1.50. The number of rotatable bonds is 3. The fraction of sp³-hybridized carbons (Fsp3) is 0.385. The van der Waals surface area contributed by atoms with Gasteiger partial charge < -0.3 is 25.2 Å². The maximum atomic E-state index is 12.4. The second kappa shape index (κ2) is 5.79. The van der Waals surface area contributed by atoms with Crippen LogP contribution >= 0.6 is 0 Å². The van der Waals surface area contributed by atoms with Gasteiger partial charge in [0.25, 0.3) is 5.91 Å². The molecule has 0 saturated carbocycles. The molecule has 108 valence electrons. The summed E-state index contributed by atoms with van der Waals surface area (Å²) in [5, 5.41) is 8.94. The van der Waals surface area contributed by atoms with Gasteiger partial charge in [-0.3, -0.25) is 4.79 Å². The van der Waals surface area contributed by atoms with Crippen LogP contribution in [0, 0.1) is 0 Å². The Morgan fingerprint density at radius 1 is 1.50 bits per heavy atom. The summed E-state index contributed by atoms with van der Waals surface area (Å²) < 4.78 is 10.1. The Bertz CT molecular complexity index is 531. The van der Waals surface area contributed by atoms with E-state index in [1.54, 1.807) is 18.2 Å². The van der Waals surface area contributed by atoms with Gasteiger partial charge in [-0.1, -0.05) is 0 Å². The van der Waals surface area contributed by atoms with Gasteiger partial charge >= 0.3 is 5.97 Å². The van der Waals surface area contributed by atoms with Gasteiger partial charge in [0.15, 0.2) is 6.10 Å². The van der Waals surface area contributed by atoms with Gasteiger partial charge in [-0.2, -0.15) is 0 Å². The van der Waals surface area contributed by atoms with Crippen molar-refractivity contribution in [3.63, 3.8) is 0 Å². The maximum absolute atomic E-state index is 12.4. The lowest BCUT2D eigenvalue weighted by atomic mass is 10.1. The maximum Gasteiger partial charge on any atom is 0.334 e. The van der Waals surface area contributed by atoms with Crippen molar-refractivity contribution in [2.45, 2.75) is 6.10 Å². The van der Waals surface area contributed by atoms with Crippen molar-refractivity contribution < 1.29 is 24.2 Å². The van der Waals surface area contributed by atoms with Crippen LogP contribution < -0.4 is 10.5 Å². The molecule has 7 nitrogen and oxygen atoms in total. The number of hydrogen-bond donors (Lipinski definition) is 2. The molecule has 7 heteroatoms. The molecule has 1 aromatic carbocycles. The minimum atomic E-state index is -1.08. The molecule has 1 aromatic rings. The molecule has 1 aliphatic rings. The van der Waals surface area contributed by atoms with E-state index in [9.17, 15) is 9.59 Å². The molecule has 1 unspecified atom stereocenters. The first kappa shape index (κ1) is 14.1. The van der Waals surface area contributed by atoms with E-state index >= 15 is 0 Å². The van der Waals surface area contributed by atoms with Gasteiger partial charge in [0.05, 0.1) is 25.8 Å². The highest BCUT2D eigenvalue weighted by atomic mass is 16.5. The number of hydrogen-bond acceptors (Lipinski definition) is 5. The van der Waals surface area contributed by atoms with Crippen LogP contribution in [0.1, 0.15) is 10.4 Å². The Labute approximate surface area is 115 Å². The summed E-state index contributed by atoms with van der Waals surface area (Å²) in [6.45, 7) is 0.524. The number of ether oxygens (including phenoxy) is 2. The number of anilines is 1. The predicted octanol–water partition coefficient (Wildman–Crippen LogP) is 0.203. The molecule has 0 bridgehead atoms. The zero-order valence-corrected chi connectivity index (χ0v) is 11.0. The van der Waals surface area contributed by atoms with Crippen molar-refractivity contribution in [3.8, 4) is 5.75 Å². The van der Waals surface area contributed by atoms with E-state index in [4.69, 9.17) is 20.3 Å². The Hall–Kier alpha value is -2.28. The fourth-order valence-electron chi connectivity index (χ4n) is 2.00. The topological polar surface area (TPSA) is 102 Å². The van der Waals surface area contributed by atoms with Crippen molar-refractivity contribution in [3.05, 3.63) is 23.8 Å². The van der Waals surface area contributed by atoms with Gasteiger partial charge in [0, 0.05) is 12.2 Å². The predicted molar refractivity (Wildman–Crippen MR) is 70.7 cm³/mol. The van der Waals surface area contributed by atoms with E-state index < -0.39 is 12.1 Å². The molecule has 1 aliphatic heterocycles. The highest BCUT2D eigenvalue weighted by Crippen LogP contribution is 2.22. The number of nitrogen functional groups attached to an aromatic ring is 1. The molecule has 1 atom stereocenters. The van der Waals surface area contributed by atoms with E-state index in [2.05, 4.69) is 0 Å². The van der Waals surface area contributed by atoms with Crippen LogP contribution in [-0.2, 0) is 9.53 Å². The number of amides is 1. The second-order valence-electron chi connectivity index (χ2n) is 4.40. The number of methoxy groups -OCH3 is 1. The van der Waals surface area contributed by atoms with Crippen molar-refractivity contribution in [1.29, 1.82) is 0 Å². The number of nitrogens with two attached hydrogens (primary N) is 1. The first-order chi connectivity index (χ1) is 9.52. The minimum Gasteiger partial charge on any atom is -0.497 e. The van der Waals surface area contributed by atoms with Crippen LogP contribution in [0.4, 0.5) is 5.69 Å². The standard InChI is InChI=1S/C13H16N2O5/c1-19-8-2-3-10(14)9(6-8)12(16)15-4-5-20-11(7-15)13(17)18/h2-3,6,11H,4-5,7,14H2,1H3,(H,17,18). The lowest BCUT2D eigenvalue weighted by molar-refractivity contribution is -0.154. The molecule has 3 N–H and O–H groups in total. The molecule has 0 aromatic heterocycles. The fourth-order valence-corrected chi connectivity index (χ4v) is 2.00. The van der Waals surface area contributed by atoms with Crippen molar-refractivity contribution >= 4 is 17.6 Å². The Kier molecular flexibility index (Phi) is 4.09. The van der Waals surface area contributed by atoms with Gasteiger partial charge in [-0.25, -0.2) is 4.79 Å². The Balaban J connectivity index is 2.20. The third-order valence-corrected chi connectivity index (χ3v) is 3.12. The highest BCUT2D eigenvalue weighted by Gasteiger charge is 2.30. The number of carboxylic acid groups (broad SMARTS) is 1. The highest BCUT2D eigenvalue weighted by molar-refractivity contribution is 5.99. The molecule has 20 heavy (non-hydrogen) atoms. The minimum absolute atomic E-state index is 0.00478. The monoisotopic (exact) mass is 280 g/mol. The number of carbonyl (C=O) groups is 2. The van der Waals surface area contributed by atoms with Crippen LogP contribution in [-0.4, -0.2) is 54.8 Å².